The summed E-state index contributed by atoms with van der Waals surface area (Å²) in [5.41, 5.74) is 0. The molecule has 0 amide bonds. The molecular weight excluding hydrogens is 226 g/mol. The van der Waals surface area contributed by atoms with E-state index < -0.39 is 0 Å². The zero-order valence-corrected chi connectivity index (χ0v) is 11.6. The van der Waals surface area contributed by atoms with Crippen LogP contribution in [0.2, 0.25) is 0 Å². The second kappa shape index (κ2) is 5.70. The fourth-order valence-corrected chi connectivity index (χ4v) is 2.82. The minimum atomic E-state index is 0.171. The van der Waals surface area contributed by atoms with Crippen molar-refractivity contribution in [2.75, 3.05) is 6.54 Å². The van der Waals surface area contributed by atoms with Gasteiger partial charge in [0.15, 0.2) is 0 Å². The lowest BCUT2D eigenvalue weighted by molar-refractivity contribution is -0.128. The van der Waals surface area contributed by atoms with Gasteiger partial charge in [-0.25, -0.2) is 0 Å². The van der Waals surface area contributed by atoms with Gasteiger partial charge >= 0.3 is 0 Å². The third-order valence-corrected chi connectivity index (χ3v) is 4.33. The Morgan fingerprint density at radius 2 is 2.28 bits per heavy atom. The number of hydrogen-bond donors (Lipinski definition) is 0. The van der Waals surface area contributed by atoms with E-state index in [1.54, 1.807) is 6.26 Å². The second-order valence-corrected chi connectivity index (χ2v) is 5.45. The number of furan rings is 1. The summed E-state index contributed by atoms with van der Waals surface area (Å²) in [6, 6.07) is 4.82. The van der Waals surface area contributed by atoms with Gasteiger partial charge in [-0.2, -0.15) is 0 Å². The van der Waals surface area contributed by atoms with Crippen LogP contribution in [0.15, 0.2) is 22.8 Å². The lowest BCUT2D eigenvalue weighted by Gasteiger charge is -2.40. The quantitative estimate of drug-likeness (QED) is 0.822. The maximum atomic E-state index is 11.7. The van der Waals surface area contributed by atoms with E-state index in [9.17, 15) is 4.79 Å². The van der Waals surface area contributed by atoms with E-state index in [2.05, 4.69) is 25.7 Å². The normalized spacial score (nSPS) is 27.4. The Bertz CT molecular complexity index is 385. The molecule has 2 rings (SSSR count). The van der Waals surface area contributed by atoms with Gasteiger partial charge in [-0.1, -0.05) is 6.92 Å². The van der Waals surface area contributed by atoms with E-state index in [1.807, 2.05) is 12.1 Å². The summed E-state index contributed by atoms with van der Waals surface area (Å²) in [5, 5.41) is 0. The van der Waals surface area contributed by atoms with Crippen molar-refractivity contribution in [3.63, 3.8) is 0 Å². The molecule has 3 atom stereocenters. The summed E-state index contributed by atoms with van der Waals surface area (Å²) in [6.07, 6.45) is 4.49. The largest absolute Gasteiger partial charge is 0.469 e. The number of hydrogen-bond acceptors (Lipinski definition) is 3. The number of aryl methyl sites for hydroxylation is 1. The first-order valence-electron chi connectivity index (χ1n) is 6.90. The molecule has 1 aliphatic heterocycles. The van der Waals surface area contributed by atoms with Crippen molar-refractivity contribution < 1.29 is 9.21 Å². The van der Waals surface area contributed by atoms with Crippen molar-refractivity contribution in [2.24, 2.45) is 5.92 Å². The van der Waals surface area contributed by atoms with Crippen molar-refractivity contribution in [3.05, 3.63) is 24.2 Å². The molecule has 2 heterocycles. The maximum absolute atomic E-state index is 11.7. The highest BCUT2D eigenvalue weighted by Crippen LogP contribution is 2.24. The molecule has 0 spiro atoms. The Kier molecular flexibility index (Phi) is 4.23. The molecule has 1 aromatic rings. The topological polar surface area (TPSA) is 33.5 Å². The number of piperidine rings is 1. The third-order valence-electron chi connectivity index (χ3n) is 4.33. The van der Waals surface area contributed by atoms with Crippen LogP contribution in [0.3, 0.4) is 0 Å². The van der Waals surface area contributed by atoms with Crippen molar-refractivity contribution in [1.82, 2.24) is 4.90 Å². The van der Waals surface area contributed by atoms with Crippen LogP contribution in [0.5, 0.6) is 0 Å². The molecule has 0 N–H and O–H groups in total. The molecule has 1 aromatic heterocycles. The average Bonchev–Trinajstić information content (AvgIpc) is 2.86. The molecule has 1 saturated heterocycles. The molecule has 0 saturated carbocycles. The molecule has 100 valence electrons. The van der Waals surface area contributed by atoms with E-state index in [1.165, 1.54) is 0 Å². The highest BCUT2D eigenvalue weighted by atomic mass is 16.3. The van der Waals surface area contributed by atoms with Gasteiger partial charge in [-0.3, -0.25) is 9.69 Å². The smallest absolute Gasteiger partial charge is 0.138 e. The third kappa shape index (κ3) is 2.83. The average molecular weight is 249 g/mol. The summed E-state index contributed by atoms with van der Waals surface area (Å²) < 4.78 is 5.36. The van der Waals surface area contributed by atoms with Crippen LogP contribution >= 0.6 is 0 Å². The Hall–Kier alpha value is -1.09. The molecule has 0 bridgehead atoms. The summed E-state index contributed by atoms with van der Waals surface area (Å²) in [5.74, 6) is 1.64. The predicted octanol–water partition coefficient (Wildman–Crippen LogP) is 2.90. The molecule has 0 radical (unpaired) electrons. The van der Waals surface area contributed by atoms with Gasteiger partial charge in [0.05, 0.1) is 6.26 Å². The highest BCUT2D eigenvalue weighted by molar-refractivity contribution is 5.82. The van der Waals surface area contributed by atoms with Gasteiger partial charge in [0.2, 0.25) is 0 Å². The van der Waals surface area contributed by atoms with Gasteiger partial charge < -0.3 is 4.42 Å². The van der Waals surface area contributed by atoms with Crippen LogP contribution in [0.25, 0.3) is 0 Å². The highest BCUT2D eigenvalue weighted by Gasteiger charge is 2.32. The molecule has 18 heavy (non-hydrogen) atoms. The first kappa shape index (κ1) is 13.3. The molecule has 3 heteroatoms. The number of likely N-dealkylation sites (tertiary alicyclic amines) is 1. The fourth-order valence-electron chi connectivity index (χ4n) is 2.82. The van der Waals surface area contributed by atoms with E-state index in [-0.39, 0.29) is 5.92 Å². The van der Waals surface area contributed by atoms with E-state index >= 15 is 0 Å². The van der Waals surface area contributed by atoms with Crippen LogP contribution in [-0.2, 0) is 11.2 Å². The second-order valence-electron chi connectivity index (χ2n) is 5.45. The Labute approximate surface area is 109 Å². The number of carbonyl (C=O) groups excluding carboxylic acids is 1. The van der Waals surface area contributed by atoms with Gasteiger partial charge in [0.1, 0.15) is 11.5 Å². The number of carbonyl (C=O) groups is 1. The van der Waals surface area contributed by atoms with Crippen molar-refractivity contribution in [3.8, 4) is 0 Å². The first-order valence-corrected chi connectivity index (χ1v) is 6.90. The molecule has 3 nitrogen and oxygen atoms in total. The zero-order chi connectivity index (χ0) is 13.1. The standard InChI is InChI=1S/C15H23NO2/c1-11(6-7-14-5-4-10-18-14)16-9-8-15(17)12(2)13(16)3/h4-5,10-13H,6-9H2,1-3H3. The molecule has 0 aromatic carbocycles. The van der Waals surface area contributed by atoms with E-state index in [0.717, 1.165) is 25.1 Å². The Balaban J connectivity index is 1.88. The minimum absolute atomic E-state index is 0.171. The summed E-state index contributed by atoms with van der Waals surface area (Å²) in [4.78, 5) is 14.1. The van der Waals surface area contributed by atoms with Gasteiger partial charge in [0, 0.05) is 37.4 Å². The predicted molar refractivity (Wildman–Crippen MR) is 71.4 cm³/mol. The van der Waals surface area contributed by atoms with Crippen LogP contribution in [-0.4, -0.2) is 29.3 Å². The Morgan fingerprint density at radius 3 is 2.94 bits per heavy atom. The maximum Gasteiger partial charge on any atom is 0.138 e. The summed E-state index contributed by atoms with van der Waals surface area (Å²) in [7, 11) is 0. The molecule has 3 unspecified atom stereocenters. The summed E-state index contributed by atoms with van der Waals surface area (Å²) in [6.45, 7) is 7.38. The molecular formula is C15H23NO2. The van der Waals surface area contributed by atoms with Crippen LogP contribution in [0.1, 0.15) is 39.4 Å². The minimum Gasteiger partial charge on any atom is -0.469 e. The fraction of sp³-hybridized carbons (Fsp3) is 0.667. The van der Waals surface area contributed by atoms with Gasteiger partial charge in [-0.15, -0.1) is 0 Å². The number of Topliss-reactive ketones (excluding diaryl/α,β-unsaturated/α-hetero) is 1. The van der Waals surface area contributed by atoms with Crippen molar-refractivity contribution in [1.29, 1.82) is 0 Å². The molecule has 1 aliphatic rings. The molecule has 0 aliphatic carbocycles. The number of ketones is 1. The van der Waals surface area contributed by atoms with Crippen molar-refractivity contribution in [2.45, 2.75) is 52.1 Å². The lowest BCUT2D eigenvalue weighted by atomic mass is 9.89. The van der Waals surface area contributed by atoms with Crippen LogP contribution in [0, 0.1) is 5.92 Å². The lowest BCUT2D eigenvalue weighted by Crippen LogP contribution is -2.50. The summed E-state index contributed by atoms with van der Waals surface area (Å²) >= 11 is 0. The number of rotatable bonds is 4. The monoisotopic (exact) mass is 249 g/mol. The van der Waals surface area contributed by atoms with E-state index in [4.69, 9.17) is 4.42 Å². The molecule has 1 fully saturated rings. The van der Waals surface area contributed by atoms with Crippen molar-refractivity contribution >= 4 is 5.78 Å². The van der Waals surface area contributed by atoms with E-state index in [0.29, 0.717) is 24.3 Å². The van der Waals surface area contributed by atoms with Gasteiger partial charge in [-0.05, 0) is 32.4 Å². The first-order chi connectivity index (χ1) is 8.59. The SMILES string of the molecule is CC1C(=O)CCN(C(C)CCc2ccco2)C1C. The number of nitrogens with zero attached hydrogens (tertiary/aromatic N) is 1. The van der Waals surface area contributed by atoms with Gasteiger partial charge in [0.25, 0.3) is 0 Å². The zero-order valence-electron chi connectivity index (χ0n) is 11.6. The Morgan fingerprint density at radius 1 is 1.50 bits per heavy atom. The van der Waals surface area contributed by atoms with Crippen LogP contribution < -0.4 is 0 Å². The van der Waals surface area contributed by atoms with Crippen LogP contribution in [0.4, 0.5) is 0 Å².